The summed E-state index contributed by atoms with van der Waals surface area (Å²) in [7, 11) is 1.62. The van der Waals surface area contributed by atoms with Crippen LogP contribution in [0.3, 0.4) is 0 Å². The van der Waals surface area contributed by atoms with Crippen LogP contribution in [0.5, 0.6) is 0 Å². The van der Waals surface area contributed by atoms with E-state index in [1.807, 2.05) is 36.4 Å². The number of nitrogens with one attached hydrogen (secondary N) is 1. The molecular formula is C21H21ClN2O3S. The molecule has 0 radical (unpaired) electrons. The number of benzene rings is 2. The summed E-state index contributed by atoms with van der Waals surface area (Å²) in [5.41, 5.74) is 1.58. The minimum absolute atomic E-state index is 0.0315. The van der Waals surface area contributed by atoms with E-state index < -0.39 is 0 Å². The Bertz CT molecular complexity index is 901. The van der Waals surface area contributed by atoms with Crippen molar-refractivity contribution in [1.82, 2.24) is 5.32 Å². The molecule has 0 fully saturated rings. The number of rotatable bonds is 7. The van der Waals surface area contributed by atoms with Crippen LogP contribution in [0.25, 0.3) is 6.08 Å². The van der Waals surface area contributed by atoms with Crippen molar-refractivity contribution in [3.8, 4) is 0 Å². The van der Waals surface area contributed by atoms with Gasteiger partial charge in [-0.2, -0.15) is 0 Å². The van der Waals surface area contributed by atoms with Gasteiger partial charge in [-0.05, 0) is 42.3 Å². The predicted octanol–water partition coefficient (Wildman–Crippen LogP) is 3.97. The number of amides is 2. The van der Waals surface area contributed by atoms with Crippen LogP contribution in [0.4, 0.5) is 5.69 Å². The number of fused-ring (bicyclic) bond motifs is 1. The van der Waals surface area contributed by atoms with Crippen LogP contribution in [0.15, 0.2) is 58.3 Å². The highest BCUT2D eigenvalue weighted by molar-refractivity contribution is 8.04. The molecule has 0 saturated heterocycles. The first-order valence-corrected chi connectivity index (χ1v) is 10.1. The fourth-order valence-electron chi connectivity index (χ4n) is 2.81. The first kappa shape index (κ1) is 20.5. The number of nitrogens with zero attached hydrogens (tertiary/aromatic N) is 1. The first-order chi connectivity index (χ1) is 13.6. The van der Waals surface area contributed by atoms with Gasteiger partial charge in [0.15, 0.2) is 0 Å². The Morgan fingerprint density at radius 2 is 2.07 bits per heavy atom. The van der Waals surface area contributed by atoms with Gasteiger partial charge >= 0.3 is 0 Å². The van der Waals surface area contributed by atoms with Gasteiger partial charge in [-0.1, -0.05) is 47.6 Å². The van der Waals surface area contributed by atoms with Crippen LogP contribution in [0.1, 0.15) is 12.0 Å². The second-order valence-electron chi connectivity index (χ2n) is 6.22. The Morgan fingerprint density at radius 1 is 1.25 bits per heavy atom. The zero-order chi connectivity index (χ0) is 19.9. The van der Waals surface area contributed by atoms with Gasteiger partial charge in [-0.15, -0.1) is 0 Å². The fourth-order valence-corrected chi connectivity index (χ4v) is 4.07. The van der Waals surface area contributed by atoms with E-state index in [0.29, 0.717) is 23.1 Å². The van der Waals surface area contributed by atoms with Crippen molar-refractivity contribution in [2.75, 3.05) is 31.7 Å². The van der Waals surface area contributed by atoms with Crippen LogP contribution in [-0.2, 0) is 14.3 Å². The molecule has 2 aromatic rings. The monoisotopic (exact) mass is 416 g/mol. The second-order valence-corrected chi connectivity index (χ2v) is 7.74. The van der Waals surface area contributed by atoms with Crippen molar-refractivity contribution in [1.29, 1.82) is 0 Å². The molecule has 28 heavy (non-hydrogen) atoms. The van der Waals surface area contributed by atoms with E-state index in [4.69, 9.17) is 16.3 Å². The second kappa shape index (κ2) is 9.78. The van der Waals surface area contributed by atoms with E-state index in [1.54, 1.807) is 25.3 Å². The van der Waals surface area contributed by atoms with Crippen molar-refractivity contribution in [3.63, 3.8) is 0 Å². The van der Waals surface area contributed by atoms with Crippen LogP contribution in [0.2, 0.25) is 5.02 Å². The summed E-state index contributed by atoms with van der Waals surface area (Å²) in [6.45, 7) is 1.06. The molecule has 1 N–H and O–H groups in total. The number of anilines is 1. The van der Waals surface area contributed by atoms with E-state index in [1.165, 1.54) is 16.7 Å². The van der Waals surface area contributed by atoms with Crippen molar-refractivity contribution in [2.45, 2.75) is 11.3 Å². The predicted molar refractivity (Wildman–Crippen MR) is 114 cm³/mol. The summed E-state index contributed by atoms with van der Waals surface area (Å²) in [6, 6.07) is 14.9. The third-order valence-corrected chi connectivity index (χ3v) is 5.44. The summed E-state index contributed by atoms with van der Waals surface area (Å²) in [5.74, 6) is -0.399. The normalized spacial score (nSPS) is 14.9. The van der Waals surface area contributed by atoms with E-state index in [-0.39, 0.29) is 18.4 Å². The van der Waals surface area contributed by atoms with Crippen LogP contribution in [0, 0.1) is 0 Å². The summed E-state index contributed by atoms with van der Waals surface area (Å²) in [5, 5.41) is 3.44. The number of thioether (sulfide) groups is 1. The smallest absolute Gasteiger partial charge is 0.265 e. The highest BCUT2D eigenvalue weighted by atomic mass is 35.5. The largest absolute Gasteiger partial charge is 0.385 e. The van der Waals surface area contributed by atoms with Gasteiger partial charge in [-0.3, -0.25) is 14.5 Å². The molecule has 1 aliphatic rings. The van der Waals surface area contributed by atoms with Gasteiger partial charge in [0, 0.05) is 30.2 Å². The minimum atomic E-state index is -0.201. The lowest BCUT2D eigenvalue weighted by Gasteiger charge is -2.29. The fraction of sp³-hybridized carbons (Fsp3) is 0.238. The summed E-state index contributed by atoms with van der Waals surface area (Å²) >= 11 is 7.45. The number of carbonyl (C=O) groups excluding carboxylic acids is 2. The SMILES string of the molecule is COCCCNC(=O)CN1C(=O)/C(=C\c2cccc(Cl)c2)Sc2ccccc21. The summed E-state index contributed by atoms with van der Waals surface area (Å²) < 4.78 is 4.98. The number of para-hydroxylation sites is 1. The molecule has 5 nitrogen and oxygen atoms in total. The summed E-state index contributed by atoms with van der Waals surface area (Å²) in [4.78, 5) is 28.4. The Balaban J connectivity index is 1.82. The topological polar surface area (TPSA) is 58.6 Å². The molecule has 1 heterocycles. The first-order valence-electron chi connectivity index (χ1n) is 8.90. The molecule has 3 rings (SSSR count). The molecular weight excluding hydrogens is 396 g/mol. The lowest BCUT2D eigenvalue weighted by atomic mass is 10.2. The van der Waals surface area contributed by atoms with Gasteiger partial charge < -0.3 is 10.1 Å². The van der Waals surface area contributed by atoms with Gasteiger partial charge in [0.05, 0.1) is 10.6 Å². The van der Waals surface area contributed by atoms with E-state index >= 15 is 0 Å². The average molecular weight is 417 g/mol. The zero-order valence-corrected chi connectivity index (χ0v) is 17.1. The molecule has 0 aromatic heterocycles. The van der Waals surface area contributed by atoms with Crippen LogP contribution >= 0.6 is 23.4 Å². The standard InChI is InChI=1S/C21H21ClN2O3S/c1-27-11-5-10-23-20(25)14-24-17-8-2-3-9-18(17)28-19(21(24)26)13-15-6-4-7-16(22)12-15/h2-4,6-9,12-13H,5,10-11,14H2,1H3,(H,23,25)/b19-13+. The molecule has 0 bridgehead atoms. The molecule has 0 unspecified atom stereocenters. The van der Waals surface area contributed by atoms with Gasteiger partial charge in [0.25, 0.3) is 5.91 Å². The lowest BCUT2D eigenvalue weighted by molar-refractivity contribution is -0.122. The molecule has 0 saturated carbocycles. The minimum Gasteiger partial charge on any atom is -0.385 e. The quantitative estimate of drug-likeness (QED) is 0.548. The lowest BCUT2D eigenvalue weighted by Crippen LogP contribution is -2.43. The maximum Gasteiger partial charge on any atom is 0.265 e. The van der Waals surface area contributed by atoms with E-state index in [2.05, 4.69) is 5.32 Å². The molecule has 0 atom stereocenters. The Morgan fingerprint density at radius 3 is 2.86 bits per heavy atom. The number of halogens is 1. The third-order valence-electron chi connectivity index (χ3n) is 4.13. The molecule has 7 heteroatoms. The van der Waals surface area contributed by atoms with Crippen molar-refractivity contribution in [3.05, 3.63) is 64.0 Å². The highest BCUT2D eigenvalue weighted by Gasteiger charge is 2.30. The van der Waals surface area contributed by atoms with E-state index in [0.717, 1.165) is 22.6 Å². The number of hydrogen-bond donors (Lipinski definition) is 1. The van der Waals surface area contributed by atoms with Crippen molar-refractivity contribution in [2.24, 2.45) is 0 Å². The third kappa shape index (κ3) is 5.16. The number of methoxy groups -OCH3 is 1. The van der Waals surface area contributed by atoms with E-state index in [9.17, 15) is 9.59 Å². The molecule has 1 aliphatic heterocycles. The molecule has 2 amide bonds. The maximum atomic E-state index is 13.1. The molecule has 0 aliphatic carbocycles. The molecule has 146 valence electrons. The zero-order valence-electron chi connectivity index (χ0n) is 15.5. The number of carbonyl (C=O) groups is 2. The Labute approximate surface area is 173 Å². The summed E-state index contributed by atoms with van der Waals surface area (Å²) in [6.07, 6.45) is 2.53. The Kier molecular flexibility index (Phi) is 7.14. The van der Waals surface area contributed by atoms with Gasteiger partial charge in [0.1, 0.15) is 6.54 Å². The number of ether oxygens (including phenoxy) is 1. The van der Waals surface area contributed by atoms with Crippen molar-refractivity contribution >= 4 is 46.9 Å². The van der Waals surface area contributed by atoms with Crippen LogP contribution in [-0.4, -0.2) is 38.6 Å². The van der Waals surface area contributed by atoms with Crippen LogP contribution < -0.4 is 10.2 Å². The molecule has 2 aromatic carbocycles. The maximum absolute atomic E-state index is 13.1. The number of hydrogen-bond acceptors (Lipinski definition) is 4. The highest BCUT2D eigenvalue weighted by Crippen LogP contribution is 2.41. The Hall–Kier alpha value is -2.28. The van der Waals surface area contributed by atoms with Gasteiger partial charge in [0.2, 0.25) is 5.91 Å². The average Bonchev–Trinajstić information content (AvgIpc) is 2.68. The van der Waals surface area contributed by atoms with Crippen molar-refractivity contribution < 1.29 is 14.3 Å². The molecule has 0 spiro atoms. The van der Waals surface area contributed by atoms with Gasteiger partial charge in [-0.25, -0.2) is 0 Å².